The number of aliphatic hydroxyl groups is 1. The molecule has 5 nitrogen and oxygen atoms in total. The van der Waals surface area contributed by atoms with Crippen LogP contribution in [-0.2, 0) is 4.79 Å². The summed E-state index contributed by atoms with van der Waals surface area (Å²) in [6, 6.07) is 5.28. The largest absolute Gasteiger partial charge is 0.481 e. The van der Waals surface area contributed by atoms with Crippen molar-refractivity contribution in [3.63, 3.8) is 0 Å². The number of aliphatic hydroxyl groups excluding tert-OH is 1. The lowest BCUT2D eigenvalue weighted by Gasteiger charge is -2.15. The molecule has 0 amide bonds. The number of carbonyl (C=O) groups is 1. The number of aliphatic carboxylic acids is 1. The first-order valence-electron chi connectivity index (χ1n) is 5.97. The van der Waals surface area contributed by atoms with Crippen molar-refractivity contribution in [1.29, 1.82) is 0 Å². The Morgan fingerprint density at radius 3 is 2.74 bits per heavy atom. The van der Waals surface area contributed by atoms with Gasteiger partial charge in [0.2, 0.25) is 0 Å². The number of imidazole rings is 1. The Hall–Kier alpha value is -1.59. The van der Waals surface area contributed by atoms with Gasteiger partial charge in [0, 0.05) is 11.1 Å². The van der Waals surface area contributed by atoms with E-state index in [1.807, 2.05) is 18.4 Å². The van der Waals surface area contributed by atoms with Crippen molar-refractivity contribution in [2.75, 3.05) is 0 Å². The molecule has 0 radical (unpaired) electrons. The van der Waals surface area contributed by atoms with Crippen molar-refractivity contribution in [2.45, 2.75) is 32.4 Å². The predicted molar refractivity (Wildman–Crippen MR) is 72.3 cm³/mol. The van der Waals surface area contributed by atoms with Gasteiger partial charge in [0.05, 0.1) is 17.5 Å². The van der Waals surface area contributed by atoms with Crippen LogP contribution < -0.4 is 0 Å². The minimum absolute atomic E-state index is 0.0434. The average molecular weight is 283 g/mol. The van der Waals surface area contributed by atoms with Gasteiger partial charge in [0.1, 0.15) is 11.9 Å². The number of hydrogen-bond acceptors (Lipinski definition) is 3. The van der Waals surface area contributed by atoms with Gasteiger partial charge in [-0.1, -0.05) is 11.6 Å². The highest BCUT2D eigenvalue weighted by atomic mass is 35.5. The lowest BCUT2D eigenvalue weighted by atomic mass is 10.2. The molecular weight excluding hydrogens is 268 g/mol. The van der Waals surface area contributed by atoms with Crippen molar-refractivity contribution in [3.05, 3.63) is 29.0 Å². The highest BCUT2D eigenvalue weighted by Crippen LogP contribution is 2.28. The number of fused-ring (bicyclic) bond motifs is 1. The van der Waals surface area contributed by atoms with Crippen LogP contribution in [0, 0.1) is 0 Å². The molecule has 1 atom stereocenters. The van der Waals surface area contributed by atoms with E-state index < -0.39 is 12.1 Å². The fourth-order valence-electron chi connectivity index (χ4n) is 2.12. The van der Waals surface area contributed by atoms with Gasteiger partial charge in [0.25, 0.3) is 0 Å². The van der Waals surface area contributed by atoms with Crippen LogP contribution in [0.25, 0.3) is 11.0 Å². The summed E-state index contributed by atoms with van der Waals surface area (Å²) in [6.07, 6.45) is -1.50. The zero-order valence-electron chi connectivity index (χ0n) is 10.7. The first-order valence-corrected chi connectivity index (χ1v) is 6.35. The zero-order chi connectivity index (χ0) is 14.2. The fraction of sp³-hybridized carbons (Fsp3) is 0.385. The Morgan fingerprint density at radius 2 is 2.16 bits per heavy atom. The van der Waals surface area contributed by atoms with Gasteiger partial charge < -0.3 is 14.8 Å². The van der Waals surface area contributed by atoms with Gasteiger partial charge in [0.15, 0.2) is 0 Å². The van der Waals surface area contributed by atoms with Gasteiger partial charge >= 0.3 is 5.97 Å². The number of hydrogen-bond donors (Lipinski definition) is 2. The molecule has 0 aliphatic rings. The molecule has 19 heavy (non-hydrogen) atoms. The maximum Gasteiger partial charge on any atom is 0.306 e. The van der Waals surface area contributed by atoms with Gasteiger partial charge in [-0.05, 0) is 32.0 Å². The van der Waals surface area contributed by atoms with Crippen molar-refractivity contribution >= 4 is 28.6 Å². The fourth-order valence-corrected chi connectivity index (χ4v) is 2.29. The van der Waals surface area contributed by atoms with Gasteiger partial charge in [-0.3, -0.25) is 4.79 Å². The number of rotatable bonds is 4. The van der Waals surface area contributed by atoms with E-state index in [1.165, 1.54) is 0 Å². The Balaban J connectivity index is 2.59. The summed E-state index contributed by atoms with van der Waals surface area (Å²) < 4.78 is 1.81. The van der Waals surface area contributed by atoms with E-state index in [2.05, 4.69) is 4.98 Å². The van der Waals surface area contributed by atoms with E-state index in [0.29, 0.717) is 16.4 Å². The van der Waals surface area contributed by atoms with Crippen molar-refractivity contribution in [2.24, 2.45) is 0 Å². The lowest BCUT2D eigenvalue weighted by molar-refractivity contribution is -0.139. The summed E-state index contributed by atoms with van der Waals surface area (Å²) in [6.45, 7) is 3.89. The number of benzene rings is 1. The van der Waals surface area contributed by atoms with E-state index in [9.17, 15) is 9.90 Å². The van der Waals surface area contributed by atoms with Crippen LogP contribution in [-0.4, -0.2) is 25.7 Å². The van der Waals surface area contributed by atoms with E-state index in [1.54, 1.807) is 18.2 Å². The van der Waals surface area contributed by atoms with Crippen molar-refractivity contribution < 1.29 is 15.0 Å². The molecule has 6 heteroatoms. The molecule has 0 fully saturated rings. The summed E-state index contributed by atoms with van der Waals surface area (Å²) in [4.78, 5) is 15.0. The minimum Gasteiger partial charge on any atom is -0.481 e. The summed E-state index contributed by atoms with van der Waals surface area (Å²) in [5, 5.41) is 19.3. The second-order valence-electron chi connectivity index (χ2n) is 4.68. The Morgan fingerprint density at radius 1 is 1.47 bits per heavy atom. The molecule has 0 spiro atoms. The molecule has 0 aliphatic heterocycles. The predicted octanol–water partition coefficient (Wildman–Crippen LogP) is 2.78. The van der Waals surface area contributed by atoms with E-state index in [0.717, 1.165) is 5.52 Å². The Bertz CT molecular complexity index is 622. The van der Waals surface area contributed by atoms with Crippen LogP contribution in [0.5, 0.6) is 0 Å². The van der Waals surface area contributed by atoms with Crippen LogP contribution in [0.4, 0.5) is 0 Å². The zero-order valence-corrected chi connectivity index (χ0v) is 11.4. The summed E-state index contributed by atoms with van der Waals surface area (Å²) in [7, 11) is 0. The highest BCUT2D eigenvalue weighted by molar-refractivity contribution is 6.31. The summed E-state index contributed by atoms with van der Waals surface area (Å²) in [5.41, 5.74) is 1.49. The highest BCUT2D eigenvalue weighted by Gasteiger charge is 2.22. The normalized spacial score (nSPS) is 13.1. The molecule has 102 valence electrons. The topological polar surface area (TPSA) is 75.4 Å². The van der Waals surface area contributed by atoms with Crippen molar-refractivity contribution in [3.8, 4) is 0 Å². The second-order valence-corrected chi connectivity index (χ2v) is 5.12. The Kier molecular flexibility index (Phi) is 3.78. The molecule has 0 saturated heterocycles. The van der Waals surface area contributed by atoms with Crippen LogP contribution in [0.3, 0.4) is 0 Å². The quantitative estimate of drug-likeness (QED) is 0.904. The number of nitrogens with zero attached hydrogens (tertiary/aromatic N) is 2. The average Bonchev–Trinajstić information content (AvgIpc) is 2.66. The smallest absolute Gasteiger partial charge is 0.306 e. The first-order chi connectivity index (χ1) is 8.90. The van der Waals surface area contributed by atoms with Crippen LogP contribution in [0.15, 0.2) is 18.2 Å². The van der Waals surface area contributed by atoms with Crippen LogP contribution in [0.2, 0.25) is 5.02 Å². The van der Waals surface area contributed by atoms with E-state index >= 15 is 0 Å². The molecule has 0 unspecified atom stereocenters. The number of aromatic nitrogens is 2. The molecular formula is C13H15ClN2O3. The molecule has 2 N–H and O–H groups in total. The van der Waals surface area contributed by atoms with Crippen molar-refractivity contribution in [1.82, 2.24) is 9.55 Å². The summed E-state index contributed by atoms with van der Waals surface area (Å²) in [5.74, 6) is -0.706. The van der Waals surface area contributed by atoms with Gasteiger partial charge in [-0.25, -0.2) is 4.98 Å². The minimum atomic E-state index is -1.13. The molecule has 1 aromatic heterocycles. The number of carboxylic acids is 1. The molecule has 2 rings (SSSR count). The van der Waals surface area contributed by atoms with Crippen LogP contribution >= 0.6 is 11.6 Å². The summed E-state index contributed by atoms with van der Waals surface area (Å²) >= 11 is 5.97. The SMILES string of the molecule is CC(C)n1c([C@H](O)CC(=O)O)nc2ccc(Cl)cc21. The van der Waals surface area contributed by atoms with Gasteiger partial charge in [-0.15, -0.1) is 0 Å². The molecule has 1 heterocycles. The van der Waals surface area contributed by atoms with Crippen LogP contribution in [0.1, 0.15) is 38.2 Å². The third kappa shape index (κ3) is 2.72. The van der Waals surface area contributed by atoms with E-state index in [4.69, 9.17) is 16.7 Å². The maximum absolute atomic E-state index is 10.7. The first kappa shape index (κ1) is 13.8. The maximum atomic E-state index is 10.7. The number of halogens is 1. The lowest BCUT2D eigenvalue weighted by Crippen LogP contribution is -2.13. The third-order valence-corrected chi connectivity index (χ3v) is 3.10. The van der Waals surface area contributed by atoms with E-state index in [-0.39, 0.29) is 12.5 Å². The Labute approximate surface area is 115 Å². The molecule has 0 bridgehead atoms. The molecule has 0 saturated carbocycles. The molecule has 0 aliphatic carbocycles. The second kappa shape index (κ2) is 5.19. The standard InChI is InChI=1S/C13H15ClN2O3/c1-7(2)16-10-5-8(14)3-4-9(10)15-13(16)11(17)6-12(18)19/h3-5,7,11,17H,6H2,1-2H3,(H,18,19)/t11-/m1/s1. The van der Waals surface area contributed by atoms with Gasteiger partial charge in [-0.2, -0.15) is 0 Å². The molecule has 1 aromatic carbocycles. The third-order valence-electron chi connectivity index (χ3n) is 2.86. The monoisotopic (exact) mass is 282 g/mol. The number of carboxylic acid groups (broad SMARTS) is 1. The molecule has 2 aromatic rings.